The first kappa shape index (κ1) is 10.1. The molecule has 1 atom stereocenters. The molecule has 0 fully saturated rings. The molecule has 1 rings (SSSR count). The van der Waals surface area contributed by atoms with E-state index in [-0.39, 0.29) is 6.04 Å². The summed E-state index contributed by atoms with van der Waals surface area (Å²) in [5.41, 5.74) is 13.0. The lowest BCUT2D eigenvalue weighted by Gasteiger charge is -2.07. The third-order valence-corrected chi connectivity index (χ3v) is 1.75. The van der Waals surface area contributed by atoms with Crippen molar-refractivity contribution in [3.63, 3.8) is 0 Å². The van der Waals surface area contributed by atoms with Crippen molar-refractivity contribution < 1.29 is 0 Å². The highest BCUT2D eigenvalue weighted by Gasteiger charge is 2.04. The van der Waals surface area contributed by atoms with E-state index in [0.717, 1.165) is 17.2 Å². The summed E-state index contributed by atoms with van der Waals surface area (Å²) >= 11 is 0. The fraction of sp³-hybridized carbons (Fsp3) is 0.556. The molecule has 4 N–H and O–H groups in total. The van der Waals surface area contributed by atoms with Crippen molar-refractivity contribution in [3.8, 4) is 0 Å². The zero-order valence-corrected chi connectivity index (χ0v) is 8.12. The molecule has 4 nitrogen and oxygen atoms in total. The van der Waals surface area contributed by atoms with Crippen LogP contribution in [0, 0.1) is 6.92 Å². The van der Waals surface area contributed by atoms with Crippen LogP contribution in [0.4, 0.5) is 0 Å². The summed E-state index contributed by atoms with van der Waals surface area (Å²) in [5, 5.41) is 0. The van der Waals surface area contributed by atoms with E-state index < -0.39 is 0 Å². The third kappa shape index (κ3) is 2.75. The van der Waals surface area contributed by atoms with Gasteiger partial charge in [-0.1, -0.05) is 0 Å². The number of aromatic nitrogens is 2. The number of hydrogen-bond donors (Lipinski definition) is 2. The van der Waals surface area contributed by atoms with Crippen molar-refractivity contribution in [2.75, 3.05) is 6.54 Å². The fourth-order valence-electron chi connectivity index (χ4n) is 1.13. The number of aryl methyl sites for hydroxylation is 1. The first-order chi connectivity index (χ1) is 6.13. The summed E-state index contributed by atoms with van der Waals surface area (Å²) < 4.78 is 0. The van der Waals surface area contributed by atoms with Crippen LogP contribution >= 0.6 is 0 Å². The topological polar surface area (TPSA) is 77.8 Å². The van der Waals surface area contributed by atoms with E-state index in [2.05, 4.69) is 9.97 Å². The summed E-state index contributed by atoms with van der Waals surface area (Å²) in [6.45, 7) is 4.42. The second kappa shape index (κ2) is 4.30. The minimum atomic E-state index is -0.0433. The van der Waals surface area contributed by atoms with Gasteiger partial charge in [-0.2, -0.15) is 0 Å². The van der Waals surface area contributed by atoms with Gasteiger partial charge in [0.1, 0.15) is 5.82 Å². The first-order valence-corrected chi connectivity index (χ1v) is 4.43. The van der Waals surface area contributed by atoms with E-state index in [1.165, 1.54) is 0 Å². The molecule has 0 spiro atoms. The van der Waals surface area contributed by atoms with E-state index >= 15 is 0 Å². The van der Waals surface area contributed by atoms with Crippen LogP contribution in [-0.4, -0.2) is 16.5 Å². The predicted octanol–water partition coefficient (Wildman–Crippen LogP) is 0.306. The van der Waals surface area contributed by atoms with Gasteiger partial charge in [-0.05, 0) is 26.5 Å². The molecule has 1 aromatic rings. The normalized spacial score (nSPS) is 12.9. The molecule has 0 saturated carbocycles. The highest BCUT2D eigenvalue weighted by Crippen LogP contribution is 2.07. The molecular formula is C9H16N4. The van der Waals surface area contributed by atoms with Crippen LogP contribution < -0.4 is 11.5 Å². The van der Waals surface area contributed by atoms with Crippen LogP contribution in [0.5, 0.6) is 0 Å². The fourth-order valence-corrected chi connectivity index (χ4v) is 1.13. The van der Waals surface area contributed by atoms with Gasteiger partial charge < -0.3 is 11.5 Å². The van der Waals surface area contributed by atoms with Gasteiger partial charge in [0, 0.05) is 18.2 Å². The average molecular weight is 180 g/mol. The van der Waals surface area contributed by atoms with Crippen LogP contribution in [0.25, 0.3) is 0 Å². The Kier molecular flexibility index (Phi) is 3.33. The maximum absolute atomic E-state index is 5.73. The smallest absolute Gasteiger partial charge is 0.130 e. The summed E-state index contributed by atoms with van der Waals surface area (Å²) in [7, 11) is 0. The zero-order chi connectivity index (χ0) is 9.84. The van der Waals surface area contributed by atoms with Crippen molar-refractivity contribution in [1.29, 1.82) is 0 Å². The quantitative estimate of drug-likeness (QED) is 0.701. The first-order valence-electron chi connectivity index (χ1n) is 4.43. The second-order valence-electron chi connectivity index (χ2n) is 3.18. The minimum Gasteiger partial charge on any atom is -0.330 e. The molecule has 0 saturated heterocycles. The Morgan fingerprint density at radius 1 is 1.46 bits per heavy atom. The van der Waals surface area contributed by atoms with Crippen LogP contribution in [0.3, 0.4) is 0 Å². The van der Waals surface area contributed by atoms with Crippen LogP contribution in [0.1, 0.15) is 30.2 Å². The van der Waals surface area contributed by atoms with Crippen molar-refractivity contribution in [2.45, 2.75) is 26.3 Å². The Bertz CT molecular complexity index is 283. The van der Waals surface area contributed by atoms with Gasteiger partial charge in [0.2, 0.25) is 0 Å². The lowest BCUT2D eigenvalue weighted by atomic mass is 10.2. The standard InChI is InChI=1S/C9H16N4/c1-6-5-8(7(2)11)13-9(12-6)3-4-10/h5,7H,3-4,10-11H2,1-2H3. The predicted molar refractivity (Wildman–Crippen MR) is 52.1 cm³/mol. The van der Waals surface area contributed by atoms with E-state index in [1.807, 2.05) is 19.9 Å². The van der Waals surface area contributed by atoms with E-state index in [9.17, 15) is 0 Å². The van der Waals surface area contributed by atoms with Gasteiger partial charge in [0.25, 0.3) is 0 Å². The molecule has 1 aromatic heterocycles. The molecule has 0 radical (unpaired) electrons. The van der Waals surface area contributed by atoms with Gasteiger partial charge in [-0.25, -0.2) is 9.97 Å². The van der Waals surface area contributed by atoms with Crippen molar-refractivity contribution in [1.82, 2.24) is 9.97 Å². The van der Waals surface area contributed by atoms with Crippen molar-refractivity contribution in [3.05, 3.63) is 23.3 Å². The molecule has 72 valence electrons. The molecular weight excluding hydrogens is 164 g/mol. The van der Waals surface area contributed by atoms with Crippen molar-refractivity contribution in [2.24, 2.45) is 11.5 Å². The van der Waals surface area contributed by atoms with Gasteiger partial charge >= 0.3 is 0 Å². The largest absolute Gasteiger partial charge is 0.330 e. The van der Waals surface area contributed by atoms with Crippen molar-refractivity contribution >= 4 is 0 Å². The Morgan fingerprint density at radius 2 is 2.15 bits per heavy atom. The van der Waals surface area contributed by atoms with Crippen LogP contribution in [0.15, 0.2) is 6.07 Å². The second-order valence-corrected chi connectivity index (χ2v) is 3.18. The van der Waals surface area contributed by atoms with Gasteiger partial charge in [0.05, 0.1) is 5.69 Å². The number of nitrogens with two attached hydrogens (primary N) is 2. The Labute approximate surface area is 78.4 Å². The minimum absolute atomic E-state index is 0.0433. The molecule has 0 aliphatic carbocycles. The Balaban J connectivity index is 2.96. The number of rotatable bonds is 3. The molecule has 0 amide bonds. The zero-order valence-electron chi connectivity index (χ0n) is 8.12. The molecule has 13 heavy (non-hydrogen) atoms. The monoisotopic (exact) mass is 180 g/mol. The highest BCUT2D eigenvalue weighted by atomic mass is 14.9. The van der Waals surface area contributed by atoms with Gasteiger partial charge in [0.15, 0.2) is 0 Å². The molecule has 1 unspecified atom stereocenters. The molecule has 0 aromatic carbocycles. The van der Waals surface area contributed by atoms with Crippen LogP contribution in [0.2, 0.25) is 0 Å². The lowest BCUT2D eigenvalue weighted by Crippen LogP contribution is -2.13. The Hall–Kier alpha value is -1.00. The SMILES string of the molecule is Cc1cc(C(C)N)nc(CCN)n1. The molecule has 1 heterocycles. The highest BCUT2D eigenvalue weighted by molar-refractivity contribution is 5.12. The van der Waals surface area contributed by atoms with Gasteiger partial charge in [-0.3, -0.25) is 0 Å². The summed E-state index contributed by atoms with van der Waals surface area (Å²) in [4.78, 5) is 8.57. The summed E-state index contributed by atoms with van der Waals surface area (Å²) in [6.07, 6.45) is 0.710. The van der Waals surface area contributed by atoms with E-state index in [4.69, 9.17) is 11.5 Å². The lowest BCUT2D eigenvalue weighted by molar-refractivity contribution is 0.741. The molecule has 0 aliphatic heterocycles. The van der Waals surface area contributed by atoms with E-state index in [0.29, 0.717) is 13.0 Å². The molecule has 4 heteroatoms. The Morgan fingerprint density at radius 3 is 2.69 bits per heavy atom. The van der Waals surface area contributed by atoms with Crippen LogP contribution in [-0.2, 0) is 6.42 Å². The van der Waals surface area contributed by atoms with Gasteiger partial charge in [-0.15, -0.1) is 0 Å². The maximum Gasteiger partial charge on any atom is 0.130 e. The third-order valence-electron chi connectivity index (χ3n) is 1.75. The number of hydrogen-bond acceptors (Lipinski definition) is 4. The average Bonchev–Trinajstić information content (AvgIpc) is 2.03. The molecule has 0 bridgehead atoms. The maximum atomic E-state index is 5.73. The molecule has 0 aliphatic rings. The summed E-state index contributed by atoms with van der Waals surface area (Å²) in [5.74, 6) is 0.787. The van der Waals surface area contributed by atoms with E-state index in [1.54, 1.807) is 0 Å². The summed E-state index contributed by atoms with van der Waals surface area (Å²) in [6, 6.07) is 1.86. The number of nitrogens with zero attached hydrogens (tertiary/aromatic N) is 2.